The lowest BCUT2D eigenvalue weighted by molar-refractivity contribution is -0.110. The van der Waals surface area contributed by atoms with Crippen molar-refractivity contribution in [3.05, 3.63) is 167 Å². The number of hydrogen-bond donors (Lipinski definition) is 2. The number of amides is 1. The van der Waals surface area contributed by atoms with Crippen molar-refractivity contribution in [2.75, 3.05) is 17.7 Å². The molecule has 44 heavy (non-hydrogen) atoms. The zero-order chi connectivity index (χ0) is 30.3. The first-order chi connectivity index (χ1) is 21.6. The second-order valence-corrected chi connectivity index (χ2v) is 10.8. The molecule has 0 bridgehead atoms. The number of carbonyl (C=O) groups is 2. The van der Waals surface area contributed by atoms with Crippen LogP contribution in [0.5, 0.6) is 0 Å². The number of ether oxygens (including phenoxy) is 1. The summed E-state index contributed by atoms with van der Waals surface area (Å²) < 4.78 is 4.86. The van der Waals surface area contributed by atoms with E-state index in [0.29, 0.717) is 22.5 Å². The number of nitrogens with zero attached hydrogens (tertiary/aromatic N) is 1. The molecule has 0 aromatic heterocycles. The number of nitrogens with one attached hydrogen (secondary N) is 2. The lowest BCUT2D eigenvalue weighted by atomic mass is 9.99. The largest absolute Gasteiger partial charge is 0.465 e. The highest BCUT2D eigenvalue weighted by Crippen LogP contribution is 2.38. The van der Waals surface area contributed by atoms with E-state index < -0.39 is 5.97 Å². The van der Waals surface area contributed by atoms with E-state index in [-0.39, 0.29) is 5.91 Å². The Kier molecular flexibility index (Phi) is 8.62. The Balaban J connectivity index is 1.28. The van der Waals surface area contributed by atoms with Crippen molar-refractivity contribution in [2.24, 2.45) is 0 Å². The average Bonchev–Trinajstić information content (AvgIpc) is 3.40. The lowest BCUT2D eigenvalue weighted by Gasteiger charge is -2.23. The summed E-state index contributed by atoms with van der Waals surface area (Å²) in [6.07, 6.45) is 0. The monoisotopic (exact) mass is 579 g/mol. The third-order valence-corrected chi connectivity index (χ3v) is 7.63. The molecule has 0 radical (unpaired) electrons. The van der Waals surface area contributed by atoms with Crippen LogP contribution in [0, 0.1) is 0 Å². The van der Waals surface area contributed by atoms with Gasteiger partial charge < -0.3 is 15.4 Å². The summed E-state index contributed by atoms with van der Waals surface area (Å²) in [5, 5.41) is 6.45. The van der Waals surface area contributed by atoms with Crippen molar-refractivity contribution in [3.8, 4) is 0 Å². The highest BCUT2D eigenvalue weighted by Gasteiger charge is 2.29. The minimum absolute atomic E-state index is 0.234. The van der Waals surface area contributed by atoms with Gasteiger partial charge in [-0.05, 0) is 46.5 Å². The number of methoxy groups -OCH3 is 1. The summed E-state index contributed by atoms with van der Waals surface area (Å²) >= 11 is 0. The van der Waals surface area contributed by atoms with E-state index in [2.05, 4.69) is 88.3 Å². The molecule has 0 spiro atoms. The molecular weight excluding hydrogens is 546 g/mol. The maximum Gasteiger partial charge on any atom is 0.337 e. The van der Waals surface area contributed by atoms with Gasteiger partial charge in [-0.3, -0.25) is 9.69 Å². The van der Waals surface area contributed by atoms with Gasteiger partial charge in [0.2, 0.25) is 0 Å². The van der Waals surface area contributed by atoms with Gasteiger partial charge in [-0.25, -0.2) is 4.79 Å². The van der Waals surface area contributed by atoms with Crippen molar-refractivity contribution in [2.45, 2.75) is 19.6 Å². The van der Waals surface area contributed by atoms with E-state index >= 15 is 0 Å². The van der Waals surface area contributed by atoms with E-state index in [1.807, 2.05) is 42.5 Å². The number of anilines is 2. The van der Waals surface area contributed by atoms with Crippen LogP contribution in [-0.2, 0) is 29.2 Å². The Morgan fingerprint density at radius 3 is 1.80 bits per heavy atom. The lowest BCUT2D eigenvalue weighted by Crippen LogP contribution is -2.22. The van der Waals surface area contributed by atoms with Gasteiger partial charge in [0.1, 0.15) is 0 Å². The fourth-order valence-corrected chi connectivity index (χ4v) is 5.50. The maximum absolute atomic E-state index is 13.3. The van der Waals surface area contributed by atoms with E-state index in [0.717, 1.165) is 36.4 Å². The molecule has 0 aliphatic carbocycles. The van der Waals surface area contributed by atoms with Crippen LogP contribution in [0.2, 0.25) is 0 Å². The molecular formula is C38H33N3O3. The van der Waals surface area contributed by atoms with Crippen molar-refractivity contribution in [3.63, 3.8) is 0 Å². The Bertz CT molecular complexity index is 1740. The standard InChI is InChI=1S/C38H33N3O3/c1-44-38(43)31-19-22-33-34(23-31)40-37(42)35(33)36(30-15-9-4-10-16-30)39-32-20-17-29(18-21-32)26-41(24-27-11-5-2-6-12-27)25-28-13-7-3-8-14-28/h2-23,39H,24-26H2,1H3,(H,40,42). The van der Waals surface area contributed by atoms with E-state index in [1.54, 1.807) is 18.2 Å². The Morgan fingerprint density at radius 2 is 1.23 bits per heavy atom. The van der Waals surface area contributed by atoms with Gasteiger partial charge in [-0.15, -0.1) is 0 Å². The topological polar surface area (TPSA) is 70.7 Å². The third-order valence-electron chi connectivity index (χ3n) is 7.63. The summed E-state index contributed by atoms with van der Waals surface area (Å²) in [5.41, 5.74) is 8.37. The summed E-state index contributed by atoms with van der Waals surface area (Å²) in [7, 11) is 1.34. The highest BCUT2D eigenvalue weighted by atomic mass is 16.5. The number of rotatable bonds is 10. The highest BCUT2D eigenvalue weighted by molar-refractivity contribution is 6.37. The van der Waals surface area contributed by atoms with Crippen LogP contribution in [0.15, 0.2) is 133 Å². The first kappa shape index (κ1) is 28.6. The van der Waals surface area contributed by atoms with Crippen molar-refractivity contribution in [1.82, 2.24) is 4.90 Å². The maximum atomic E-state index is 13.3. The molecule has 6 nitrogen and oxygen atoms in total. The van der Waals surface area contributed by atoms with Crippen LogP contribution in [0.4, 0.5) is 11.4 Å². The molecule has 5 aromatic carbocycles. The first-order valence-corrected chi connectivity index (χ1v) is 14.6. The molecule has 0 saturated carbocycles. The number of hydrogen-bond acceptors (Lipinski definition) is 5. The molecule has 218 valence electrons. The summed E-state index contributed by atoms with van der Waals surface area (Å²) in [6.45, 7) is 2.47. The molecule has 1 amide bonds. The van der Waals surface area contributed by atoms with Crippen molar-refractivity contribution in [1.29, 1.82) is 0 Å². The van der Waals surface area contributed by atoms with Crippen molar-refractivity contribution >= 4 is 34.5 Å². The summed E-state index contributed by atoms with van der Waals surface area (Å²) in [4.78, 5) is 27.9. The Labute approximate surface area is 257 Å². The smallest absolute Gasteiger partial charge is 0.337 e. The molecule has 1 heterocycles. The molecule has 6 heteroatoms. The predicted octanol–water partition coefficient (Wildman–Crippen LogP) is 7.61. The fourth-order valence-electron chi connectivity index (χ4n) is 5.50. The van der Waals surface area contributed by atoms with Gasteiger partial charge in [0.25, 0.3) is 5.91 Å². The molecule has 5 aromatic rings. The normalized spacial score (nSPS) is 13.3. The van der Waals surface area contributed by atoms with Crippen LogP contribution in [0.3, 0.4) is 0 Å². The second kappa shape index (κ2) is 13.2. The molecule has 6 rings (SSSR count). The van der Waals surface area contributed by atoms with Crippen LogP contribution >= 0.6 is 0 Å². The molecule has 0 fully saturated rings. The Hall–Kier alpha value is -5.46. The van der Waals surface area contributed by atoms with Gasteiger partial charge in [0, 0.05) is 30.9 Å². The summed E-state index contributed by atoms with van der Waals surface area (Å²) in [6, 6.07) is 44.3. The Morgan fingerprint density at radius 1 is 0.682 bits per heavy atom. The minimum Gasteiger partial charge on any atom is -0.465 e. The quantitative estimate of drug-likeness (QED) is 0.132. The zero-order valence-electron chi connectivity index (χ0n) is 24.5. The van der Waals surface area contributed by atoms with Crippen LogP contribution in [-0.4, -0.2) is 23.9 Å². The molecule has 0 unspecified atom stereocenters. The molecule has 0 atom stereocenters. The first-order valence-electron chi connectivity index (χ1n) is 14.6. The van der Waals surface area contributed by atoms with E-state index in [1.165, 1.54) is 23.8 Å². The average molecular weight is 580 g/mol. The van der Waals surface area contributed by atoms with Gasteiger partial charge in [-0.2, -0.15) is 0 Å². The SMILES string of the molecule is COC(=O)c1ccc2c(c1)NC(=O)C2=C(Nc1ccc(CN(Cc2ccccc2)Cc2ccccc2)cc1)c1ccccc1. The number of esters is 1. The van der Waals surface area contributed by atoms with Gasteiger partial charge in [0.15, 0.2) is 0 Å². The third kappa shape index (κ3) is 6.61. The van der Waals surface area contributed by atoms with Gasteiger partial charge in [-0.1, -0.05) is 109 Å². The van der Waals surface area contributed by atoms with E-state index in [9.17, 15) is 9.59 Å². The molecule has 2 N–H and O–H groups in total. The van der Waals surface area contributed by atoms with Crippen LogP contribution in [0.1, 0.15) is 38.2 Å². The number of benzene rings is 5. The van der Waals surface area contributed by atoms with Crippen molar-refractivity contribution < 1.29 is 14.3 Å². The van der Waals surface area contributed by atoms with Gasteiger partial charge >= 0.3 is 5.97 Å². The van der Waals surface area contributed by atoms with E-state index in [4.69, 9.17) is 4.74 Å². The second-order valence-electron chi connectivity index (χ2n) is 10.8. The molecule has 1 aliphatic rings. The predicted molar refractivity (Wildman–Crippen MR) is 176 cm³/mol. The zero-order valence-corrected chi connectivity index (χ0v) is 24.5. The minimum atomic E-state index is -0.452. The van der Waals surface area contributed by atoms with Crippen LogP contribution < -0.4 is 10.6 Å². The fraction of sp³-hybridized carbons (Fsp3) is 0.105. The number of carbonyl (C=O) groups excluding carboxylic acids is 2. The van der Waals surface area contributed by atoms with Gasteiger partial charge in [0.05, 0.1) is 29.6 Å². The molecule has 1 aliphatic heterocycles. The summed E-state index contributed by atoms with van der Waals surface area (Å²) in [5.74, 6) is -0.686. The number of fused-ring (bicyclic) bond motifs is 1. The van der Waals surface area contributed by atoms with Crippen LogP contribution in [0.25, 0.3) is 11.3 Å². The molecule has 0 saturated heterocycles.